The van der Waals surface area contributed by atoms with Crippen LogP contribution in [0.3, 0.4) is 0 Å². The molecule has 3 nitrogen and oxygen atoms in total. The van der Waals surface area contributed by atoms with Crippen molar-refractivity contribution >= 4 is 5.91 Å². The van der Waals surface area contributed by atoms with E-state index in [1.807, 2.05) is 11.0 Å². The Hall–Kier alpha value is -2.03. The van der Waals surface area contributed by atoms with Crippen molar-refractivity contribution < 1.29 is 9.21 Å². The minimum Gasteiger partial charge on any atom is -0.472 e. The van der Waals surface area contributed by atoms with Crippen molar-refractivity contribution in [2.45, 2.75) is 12.3 Å². The van der Waals surface area contributed by atoms with Gasteiger partial charge in [0.15, 0.2) is 0 Å². The first kappa shape index (κ1) is 11.1. The Labute approximate surface area is 106 Å². The molecule has 3 heteroatoms. The topological polar surface area (TPSA) is 33.5 Å². The highest BCUT2D eigenvalue weighted by Crippen LogP contribution is 2.27. The van der Waals surface area contributed by atoms with Crippen LogP contribution in [0.25, 0.3) is 0 Å². The normalized spacial score (nSPS) is 19.1. The van der Waals surface area contributed by atoms with Gasteiger partial charge in [-0.1, -0.05) is 30.3 Å². The lowest BCUT2D eigenvalue weighted by Crippen LogP contribution is -2.28. The molecule has 2 heterocycles. The van der Waals surface area contributed by atoms with E-state index >= 15 is 0 Å². The van der Waals surface area contributed by atoms with Gasteiger partial charge in [-0.25, -0.2) is 0 Å². The number of likely N-dealkylation sites (tertiary alicyclic amines) is 1. The molecule has 1 amide bonds. The van der Waals surface area contributed by atoms with Crippen LogP contribution in [0, 0.1) is 0 Å². The van der Waals surface area contributed by atoms with Crippen LogP contribution in [-0.2, 0) is 0 Å². The zero-order valence-electron chi connectivity index (χ0n) is 10.1. The predicted molar refractivity (Wildman–Crippen MR) is 68.4 cm³/mol. The van der Waals surface area contributed by atoms with Crippen LogP contribution in [0.15, 0.2) is 53.3 Å². The summed E-state index contributed by atoms with van der Waals surface area (Å²) >= 11 is 0. The zero-order chi connectivity index (χ0) is 12.4. The van der Waals surface area contributed by atoms with Gasteiger partial charge < -0.3 is 9.32 Å². The Bertz CT molecular complexity index is 519. The van der Waals surface area contributed by atoms with E-state index in [1.165, 1.54) is 18.1 Å². The summed E-state index contributed by atoms with van der Waals surface area (Å²) in [6, 6.07) is 12.1. The summed E-state index contributed by atoms with van der Waals surface area (Å²) in [6.07, 6.45) is 4.09. The van der Waals surface area contributed by atoms with Crippen molar-refractivity contribution in [1.82, 2.24) is 4.90 Å². The van der Waals surface area contributed by atoms with Crippen molar-refractivity contribution in [3.63, 3.8) is 0 Å². The molecule has 0 aliphatic carbocycles. The first-order valence-corrected chi connectivity index (χ1v) is 6.21. The lowest BCUT2D eigenvalue weighted by atomic mass is 9.99. The summed E-state index contributed by atoms with van der Waals surface area (Å²) in [5, 5.41) is 0. The molecule has 1 atom stereocenters. The van der Waals surface area contributed by atoms with Gasteiger partial charge in [0, 0.05) is 19.0 Å². The van der Waals surface area contributed by atoms with Crippen molar-refractivity contribution in [2.75, 3.05) is 13.1 Å². The summed E-state index contributed by atoms with van der Waals surface area (Å²) in [5.74, 6) is 0.532. The van der Waals surface area contributed by atoms with Gasteiger partial charge in [0.25, 0.3) is 5.91 Å². The Balaban J connectivity index is 1.71. The Morgan fingerprint density at radius 1 is 1.22 bits per heavy atom. The molecular formula is C15H15NO2. The highest BCUT2D eigenvalue weighted by molar-refractivity contribution is 5.94. The number of hydrogen-bond donors (Lipinski definition) is 0. The monoisotopic (exact) mass is 241 g/mol. The molecule has 2 aromatic rings. The lowest BCUT2D eigenvalue weighted by molar-refractivity contribution is 0.0790. The number of rotatable bonds is 2. The fourth-order valence-corrected chi connectivity index (χ4v) is 2.51. The maximum absolute atomic E-state index is 12.2. The van der Waals surface area contributed by atoms with E-state index in [4.69, 9.17) is 4.42 Å². The lowest BCUT2D eigenvalue weighted by Gasteiger charge is -2.15. The number of carbonyl (C=O) groups excluding carboxylic acids is 1. The zero-order valence-corrected chi connectivity index (χ0v) is 10.1. The van der Waals surface area contributed by atoms with Crippen LogP contribution < -0.4 is 0 Å². The number of carbonyl (C=O) groups is 1. The molecule has 0 spiro atoms. The molecule has 0 unspecified atom stereocenters. The molecule has 1 saturated heterocycles. The molecule has 0 bridgehead atoms. The molecular weight excluding hydrogens is 226 g/mol. The number of nitrogens with zero attached hydrogens (tertiary/aromatic N) is 1. The summed E-state index contributed by atoms with van der Waals surface area (Å²) in [7, 11) is 0. The second-order valence-electron chi connectivity index (χ2n) is 4.66. The molecule has 1 aromatic heterocycles. The van der Waals surface area contributed by atoms with E-state index in [0.29, 0.717) is 11.5 Å². The van der Waals surface area contributed by atoms with Gasteiger partial charge in [-0.2, -0.15) is 0 Å². The molecule has 1 fully saturated rings. The predicted octanol–water partition coefficient (Wildman–Crippen LogP) is 2.91. The summed E-state index contributed by atoms with van der Waals surface area (Å²) in [4.78, 5) is 14.1. The van der Waals surface area contributed by atoms with Gasteiger partial charge >= 0.3 is 0 Å². The van der Waals surface area contributed by atoms with E-state index < -0.39 is 0 Å². The van der Waals surface area contributed by atoms with Crippen molar-refractivity contribution in [2.24, 2.45) is 0 Å². The third kappa shape index (κ3) is 2.04. The van der Waals surface area contributed by atoms with E-state index in [-0.39, 0.29) is 5.91 Å². The summed E-state index contributed by atoms with van der Waals surface area (Å²) < 4.78 is 4.96. The molecule has 1 aliphatic rings. The van der Waals surface area contributed by atoms with Crippen LogP contribution >= 0.6 is 0 Å². The van der Waals surface area contributed by atoms with Crippen LogP contribution in [0.1, 0.15) is 28.3 Å². The van der Waals surface area contributed by atoms with Gasteiger partial charge in [-0.05, 0) is 18.1 Å². The average molecular weight is 241 g/mol. The van der Waals surface area contributed by atoms with E-state index in [0.717, 1.165) is 19.5 Å². The van der Waals surface area contributed by atoms with Crippen molar-refractivity contribution in [3.8, 4) is 0 Å². The maximum atomic E-state index is 12.2. The van der Waals surface area contributed by atoms with Gasteiger partial charge in [-0.15, -0.1) is 0 Å². The Morgan fingerprint density at radius 2 is 2.06 bits per heavy atom. The molecule has 0 saturated carbocycles. The van der Waals surface area contributed by atoms with Gasteiger partial charge in [0.05, 0.1) is 11.8 Å². The number of hydrogen-bond acceptors (Lipinski definition) is 2. The average Bonchev–Trinajstić information content (AvgIpc) is 3.10. The second-order valence-corrected chi connectivity index (χ2v) is 4.66. The van der Waals surface area contributed by atoms with Crippen molar-refractivity contribution in [1.29, 1.82) is 0 Å². The number of furan rings is 1. The van der Waals surface area contributed by atoms with Crippen LogP contribution in [-0.4, -0.2) is 23.9 Å². The van der Waals surface area contributed by atoms with Gasteiger partial charge in [0.1, 0.15) is 6.26 Å². The molecule has 1 aliphatic heterocycles. The minimum atomic E-state index is 0.0715. The fourth-order valence-electron chi connectivity index (χ4n) is 2.51. The highest BCUT2D eigenvalue weighted by atomic mass is 16.3. The number of benzene rings is 1. The van der Waals surface area contributed by atoms with Crippen LogP contribution in [0.5, 0.6) is 0 Å². The molecule has 0 radical (unpaired) electrons. The molecule has 1 aromatic carbocycles. The standard InChI is InChI=1S/C15H15NO2/c17-15(14-7-9-18-11-14)16-8-6-13(10-16)12-4-2-1-3-5-12/h1-5,7,9,11,13H,6,8,10H2/t13-/m0/s1. The Morgan fingerprint density at radius 3 is 2.78 bits per heavy atom. The van der Waals surface area contributed by atoms with Crippen molar-refractivity contribution in [3.05, 3.63) is 60.1 Å². The third-order valence-corrected chi connectivity index (χ3v) is 3.51. The highest BCUT2D eigenvalue weighted by Gasteiger charge is 2.28. The number of amides is 1. The first-order chi connectivity index (χ1) is 8.84. The quantitative estimate of drug-likeness (QED) is 0.810. The fraction of sp³-hybridized carbons (Fsp3) is 0.267. The van der Waals surface area contributed by atoms with Crippen LogP contribution in [0.4, 0.5) is 0 Å². The third-order valence-electron chi connectivity index (χ3n) is 3.51. The van der Waals surface area contributed by atoms with E-state index in [2.05, 4.69) is 24.3 Å². The smallest absolute Gasteiger partial charge is 0.257 e. The molecule has 3 rings (SSSR count). The molecule has 92 valence electrons. The minimum absolute atomic E-state index is 0.0715. The van der Waals surface area contributed by atoms with E-state index in [9.17, 15) is 4.79 Å². The van der Waals surface area contributed by atoms with Crippen LogP contribution in [0.2, 0.25) is 0 Å². The SMILES string of the molecule is O=C(c1ccoc1)N1CC[C@H](c2ccccc2)C1. The van der Waals surface area contributed by atoms with Gasteiger partial charge in [-0.3, -0.25) is 4.79 Å². The second kappa shape index (κ2) is 4.69. The molecule has 0 N–H and O–H groups in total. The largest absolute Gasteiger partial charge is 0.472 e. The van der Waals surface area contributed by atoms with E-state index in [1.54, 1.807) is 6.07 Å². The molecule has 18 heavy (non-hydrogen) atoms. The Kier molecular flexibility index (Phi) is 2.89. The maximum Gasteiger partial charge on any atom is 0.257 e. The summed E-state index contributed by atoms with van der Waals surface area (Å²) in [5.41, 5.74) is 1.96. The first-order valence-electron chi connectivity index (χ1n) is 6.21. The summed E-state index contributed by atoms with van der Waals surface area (Å²) in [6.45, 7) is 1.62. The van der Waals surface area contributed by atoms with Gasteiger partial charge in [0.2, 0.25) is 0 Å².